The molecule has 0 aliphatic carbocycles. The average Bonchev–Trinajstić information content (AvgIpc) is 3.00. The number of anilines is 1. The zero-order valence-electron chi connectivity index (χ0n) is 14.4. The fourth-order valence-electron chi connectivity index (χ4n) is 3.53. The lowest BCUT2D eigenvalue weighted by Crippen LogP contribution is -2.48. The van der Waals surface area contributed by atoms with E-state index in [1.165, 1.54) is 0 Å². The van der Waals surface area contributed by atoms with E-state index in [1.807, 2.05) is 60.4 Å². The smallest absolute Gasteiger partial charge is 0.178 e. The predicted molar refractivity (Wildman–Crippen MR) is 100 cm³/mol. The van der Waals surface area contributed by atoms with Gasteiger partial charge in [-0.05, 0) is 18.2 Å². The van der Waals surface area contributed by atoms with Gasteiger partial charge < -0.3 is 9.47 Å². The van der Waals surface area contributed by atoms with Crippen molar-refractivity contribution >= 4 is 22.5 Å². The summed E-state index contributed by atoms with van der Waals surface area (Å²) in [7, 11) is 1.99. The average molecular weight is 334 g/mol. The minimum Gasteiger partial charge on any atom is -0.354 e. The van der Waals surface area contributed by atoms with Crippen LogP contribution in [0.3, 0.4) is 0 Å². The van der Waals surface area contributed by atoms with E-state index in [-0.39, 0.29) is 5.78 Å². The molecule has 0 spiro atoms. The van der Waals surface area contributed by atoms with E-state index in [4.69, 9.17) is 0 Å². The Labute approximate surface area is 147 Å². The molecule has 5 heteroatoms. The van der Waals surface area contributed by atoms with E-state index in [1.54, 1.807) is 0 Å². The molecule has 1 aliphatic rings. The molecule has 1 aliphatic heterocycles. The van der Waals surface area contributed by atoms with Gasteiger partial charge in [-0.3, -0.25) is 9.69 Å². The Morgan fingerprint density at radius 2 is 1.80 bits per heavy atom. The number of carbonyl (C=O) groups excluding carboxylic acids is 1. The monoisotopic (exact) mass is 334 g/mol. The molecule has 2 aromatic heterocycles. The zero-order chi connectivity index (χ0) is 17.2. The van der Waals surface area contributed by atoms with Crippen LogP contribution in [0.5, 0.6) is 0 Å². The molecule has 1 aromatic carbocycles. The highest BCUT2D eigenvalue weighted by molar-refractivity contribution is 6.09. The fourth-order valence-corrected chi connectivity index (χ4v) is 3.53. The van der Waals surface area contributed by atoms with Crippen LogP contribution >= 0.6 is 0 Å². The third-order valence-electron chi connectivity index (χ3n) is 4.91. The number of aromatic nitrogens is 2. The lowest BCUT2D eigenvalue weighted by Gasteiger charge is -2.34. The second kappa shape index (κ2) is 6.69. The van der Waals surface area contributed by atoms with Gasteiger partial charge in [0.25, 0.3) is 0 Å². The summed E-state index contributed by atoms with van der Waals surface area (Å²) >= 11 is 0. The van der Waals surface area contributed by atoms with Gasteiger partial charge in [0.1, 0.15) is 5.82 Å². The summed E-state index contributed by atoms with van der Waals surface area (Å²) in [6.07, 6.45) is 3.78. The Morgan fingerprint density at radius 3 is 2.56 bits per heavy atom. The number of ketones is 1. The molecular weight excluding hydrogens is 312 g/mol. The predicted octanol–water partition coefficient (Wildman–Crippen LogP) is 2.58. The van der Waals surface area contributed by atoms with Crippen molar-refractivity contribution in [1.29, 1.82) is 0 Å². The van der Waals surface area contributed by atoms with Crippen molar-refractivity contribution in [2.24, 2.45) is 7.05 Å². The first kappa shape index (κ1) is 15.8. The van der Waals surface area contributed by atoms with Gasteiger partial charge in [0.2, 0.25) is 0 Å². The number of piperazine rings is 1. The summed E-state index contributed by atoms with van der Waals surface area (Å²) in [5, 5.41) is 1.04. The maximum absolute atomic E-state index is 12.8. The standard InChI is InChI=1S/C20H22N4O/c1-22-14-17(16-6-2-3-7-18(16)22)19(25)15-23-10-12-24(13-11-23)20-8-4-5-9-21-20/h2-9,14H,10-13,15H2,1H3. The van der Waals surface area contributed by atoms with Crippen molar-refractivity contribution in [3.63, 3.8) is 0 Å². The van der Waals surface area contributed by atoms with Crippen LogP contribution in [0.1, 0.15) is 10.4 Å². The van der Waals surface area contributed by atoms with E-state index in [9.17, 15) is 4.79 Å². The van der Waals surface area contributed by atoms with Crippen LogP contribution in [-0.4, -0.2) is 53.0 Å². The highest BCUT2D eigenvalue weighted by Crippen LogP contribution is 2.21. The first-order valence-corrected chi connectivity index (χ1v) is 8.68. The number of pyridine rings is 1. The number of rotatable bonds is 4. The number of benzene rings is 1. The van der Waals surface area contributed by atoms with E-state index in [2.05, 4.69) is 20.9 Å². The van der Waals surface area contributed by atoms with Gasteiger partial charge in [-0.2, -0.15) is 0 Å². The third kappa shape index (κ3) is 3.15. The number of hydrogen-bond acceptors (Lipinski definition) is 4. The van der Waals surface area contributed by atoms with Crippen LogP contribution in [0.15, 0.2) is 54.9 Å². The van der Waals surface area contributed by atoms with Gasteiger partial charge in [-0.15, -0.1) is 0 Å². The summed E-state index contributed by atoms with van der Waals surface area (Å²) < 4.78 is 2.03. The molecular formula is C20H22N4O. The second-order valence-corrected chi connectivity index (χ2v) is 6.55. The first-order valence-electron chi connectivity index (χ1n) is 8.68. The SMILES string of the molecule is Cn1cc(C(=O)CN2CCN(c3ccccn3)CC2)c2ccccc21. The Kier molecular flexibility index (Phi) is 4.24. The van der Waals surface area contributed by atoms with Crippen molar-refractivity contribution in [3.05, 3.63) is 60.4 Å². The van der Waals surface area contributed by atoms with Crippen LogP contribution in [0.4, 0.5) is 5.82 Å². The molecule has 0 atom stereocenters. The highest BCUT2D eigenvalue weighted by Gasteiger charge is 2.21. The Balaban J connectivity index is 1.42. The Bertz CT molecular complexity index is 879. The van der Waals surface area contributed by atoms with Gasteiger partial charge in [0.05, 0.1) is 6.54 Å². The molecule has 25 heavy (non-hydrogen) atoms. The van der Waals surface area contributed by atoms with Gasteiger partial charge in [0.15, 0.2) is 5.78 Å². The number of Topliss-reactive ketones (excluding diaryl/α,β-unsaturated/α-hetero) is 1. The number of hydrogen-bond donors (Lipinski definition) is 0. The van der Waals surface area contributed by atoms with Crippen molar-refractivity contribution < 1.29 is 4.79 Å². The van der Waals surface area contributed by atoms with Gasteiger partial charge in [0, 0.05) is 62.1 Å². The molecule has 1 saturated heterocycles. The van der Waals surface area contributed by atoms with Gasteiger partial charge >= 0.3 is 0 Å². The van der Waals surface area contributed by atoms with E-state index >= 15 is 0 Å². The highest BCUT2D eigenvalue weighted by atomic mass is 16.1. The molecule has 0 radical (unpaired) electrons. The van der Waals surface area contributed by atoms with Crippen LogP contribution in [0, 0.1) is 0 Å². The minimum atomic E-state index is 0.197. The number of carbonyl (C=O) groups is 1. The fraction of sp³-hybridized carbons (Fsp3) is 0.300. The Morgan fingerprint density at radius 1 is 1.04 bits per heavy atom. The van der Waals surface area contributed by atoms with Crippen LogP contribution in [0.25, 0.3) is 10.9 Å². The summed E-state index contributed by atoms with van der Waals surface area (Å²) in [6.45, 7) is 4.05. The molecule has 1 fully saturated rings. The number of para-hydroxylation sites is 1. The third-order valence-corrected chi connectivity index (χ3v) is 4.91. The molecule has 0 bridgehead atoms. The number of aryl methyl sites for hydroxylation is 1. The molecule has 0 N–H and O–H groups in total. The van der Waals surface area contributed by atoms with E-state index in [0.29, 0.717) is 6.54 Å². The molecule has 3 heterocycles. The normalized spacial score (nSPS) is 15.6. The van der Waals surface area contributed by atoms with Crippen molar-refractivity contribution in [3.8, 4) is 0 Å². The second-order valence-electron chi connectivity index (χ2n) is 6.55. The minimum absolute atomic E-state index is 0.197. The molecule has 128 valence electrons. The summed E-state index contributed by atoms with van der Waals surface area (Å²) in [6, 6.07) is 14.1. The molecule has 3 aromatic rings. The van der Waals surface area contributed by atoms with Gasteiger partial charge in [-0.25, -0.2) is 4.98 Å². The van der Waals surface area contributed by atoms with Crippen LogP contribution in [0.2, 0.25) is 0 Å². The summed E-state index contributed by atoms with van der Waals surface area (Å²) in [5.74, 6) is 1.21. The zero-order valence-corrected chi connectivity index (χ0v) is 14.4. The van der Waals surface area contributed by atoms with Gasteiger partial charge in [-0.1, -0.05) is 24.3 Å². The first-order chi connectivity index (χ1) is 12.2. The maximum atomic E-state index is 12.8. The lowest BCUT2D eigenvalue weighted by atomic mass is 10.1. The quantitative estimate of drug-likeness (QED) is 0.688. The number of fused-ring (bicyclic) bond motifs is 1. The molecule has 0 amide bonds. The van der Waals surface area contributed by atoms with Crippen LogP contribution < -0.4 is 4.90 Å². The molecule has 5 nitrogen and oxygen atoms in total. The van der Waals surface area contributed by atoms with Crippen LogP contribution in [-0.2, 0) is 7.05 Å². The topological polar surface area (TPSA) is 41.4 Å². The summed E-state index contributed by atoms with van der Waals surface area (Å²) in [5.41, 5.74) is 1.93. The Hall–Kier alpha value is -2.66. The maximum Gasteiger partial charge on any atom is 0.178 e. The summed E-state index contributed by atoms with van der Waals surface area (Å²) in [4.78, 5) is 21.7. The lowest BCUT2D eigenvalue weighted by molar-refractivity contribution is 0.0928. The van der Waals surface area contributed by atoms with E-state index < -0.39 is 0 Å². The molecule has 0 saturated carbocycles. The molecule has 4 rings (SSSR count). The number of nitrogens with zero attached hydrogens (tertiary/aromatic N) is 4. The molecule has 0 unspecified atom stereocenters. The van der Waals surface area contributed by atoms with Crippen molar-refractivity contribution in [2.45, 2.75) is 0 Å². The largest absolute Gasteiger partial charge is 0.354 e. The van der Waals surface area contributed by atoms with Crippen molar-refractivity contribution in [1.82, 2.24) is 14.5 Å². The van der Waals surface area contributed by atoms with Crippen molar-refractivity contribution in [2.75, 3.05) is 37.6 Å². The van der Waals surface area contributed by atoms with E-state index in [0.717, 1.165) is 48.5 Å².